The Morgan fingerprint density at radius 1 is 1.19 bits per heavy atom. The van der Waals surface area contributed by atoms with E-state index in [-0.39, 0.29) is 24.0 Å². The number of benzene rings is 2. The summed E-state index contributed by atoms with van der Waals surface area (Å²) in [7, 11) is 3.20. The van der Waals surface area contributed by atoms with Crippen LogP contribution < -0.4 is 10.1 Å². The van der Waals surface area contributed by atoms with Gasteiger partial charge in [-0.05, 0) is 24.1 Å². The first-order chi connectivity index (χ1) is 15.4. The van der Waals surface area contributed by atoms with Gasteiger partial charge in [0.15, 0.2) is 0 Å². The molecule has 2 amide bonds. The van der Waals surface area contributed by atoms with E-state index >= 15 is 0 Å². The number of rotatable bonds is 10. The van der Waals surface area contributed by atoms with Crippen LogP contribution in [0.25, 0.3) is 0 Å². The van der Waals surface area contributed by atoms with Gasteiger partial charge < -0.3 is 35.0 Å². The molecule has 1 aliphatic rings. The minimum Gasteiger partial charge on any atom is -0.508 e. The fourth-order valence-electron chi connectivity index (χ4n) is 3.37. The second kappa shape index (κ2) is 10.5. The molecule has 1 aliphatic heterocycles. The quantitative estimate of drug-likeness (QED) is 0.478. The van der Waals surface area contributed by atoms with Crippen molar-refractivity contribution in [2.24, 2.45) is 0 Å². The Kier molecular flexibility index (Phi) is 7.56. The summed E-state index contributed by atoms with van der Waals surface area (Å²) in [6, 6.07) is 15.9. The summed E-state index contributed by atoms with van der Waals surface area (Å²) < 4.78 is 6.07. The van der Waals surface area contributed by atoms with Gasteiger partial charge in [0.1, 0.15) is 23.0 Å². The molecular formula is C23H28N4O5. The standard InChI is InChI=1S/C23H28N4O5/c1-25(12-7-13-28)22(31)20-21(26(2)16-29)24-23(32-19-11-6-10-18(30)14-19)27(20)15-17-8-4-3-5-9-17/h3-6,8-11,14,16,23-24,28,30H,7,12-13,15H2,1-2H3. The number of hydrogen-bond acceptors (Lipinski definition) is 7. The summed E-state index contributed by atoms with van der Waals surface area (Å²) in [6.45, 7) is 0.656. The van der Waals surface area contributed by atoms with Crippen LogP contribution in [0.2, 0.25) is 0 Å². The Balaban J connectivity index is 1.99. The van der Waals surface area contributed by atoms with E-state index in [4.69, 9.17) is 9.84 Å². The van der Waals surface area contributed by atoms with Gasteiger partial charge in [-0.1, -0.05) is 36.4 Å². The van der Waals surface area contributed by atoms with Crippen LogP contribution >= 0.6 is 0 Å². The largest absolute Gasteiger partial charge is 0.508 e. The summed E-state index contributed by atoms with van der Waals surface area (Å²) >= 11 is 0. The molecule has 2 aromatic rings. The predicted octanol–water partition coefficient (Wildman–Crippen LogP) is 1.26. The van der Waals surface area contributed by atoms with E-state index in [9.17, 15) is 14.7 Å². The highest BCUT2D eigenvalue weighted by Crippen LogP contribution is 2.29. The molecule has 170 valence electrons. The van der Waals surface area contributed by atoms with Gasteiger partial charge in [-0.2, -0.15) is 0 Å². The van der Waals surface area contributed by atoms with E-state index in [0.717, 1.165) is 5.56 Å². The molecule has 0 aliphatic carbocycles. The van der Waals surface area contributed by atoms with Gasteiger partial charge in [0.25, 0.3) is 12.3 Å². The molecular weight excluding hydrogens is 412 g/mol. The molecule has 0 bridgehead atoms. The number of carbonyl (C=O) groups is 2. The molecule has 32 heavy (non-hydrogen) atoms. The average Bonchev–Trinajstić information content (AvgIpc) is 3.14. The number of phenolic OH excluding ortho intramolecular Hbond substituents is 1. The third kappa shape index (κ3) is 5.30. The number of hydrogen-bond donors (Lipinski definition) is 3. The number of carbonyl (C=O) groups excluding carboxylic acids is 2. The molecule has 0 saturated carbocycles. The molecule has 9 heteroatoms. The van der Waals surface area contributed by atoms with Crippen molar-refractivity contribution in [3.8, 4) is 11.5 Å². The number of ether oxygens (including phenoxy) is 1. The third-order valence-corrected chi connectivity index (χ3v) is 5.03. The zero-order valence-electron chi connectivity index (χ0n) is 18.1. The van der Waals surface area contributed by atoms with Crippen molar-refractivity contribution in [3.63, 3.8) is 0 Å². The molecule has 0 aromatic heterocycles. The number of aliphatic hydroxyl groups is 1. The number of likely N-dealkylation sites (N-methyl/N-ethyl adjacent to an activating group) is 1. The zero-order valence-corrected chi connectivity index (χ0v) is 18.1. The number of nitrogens with one attached hydrogen (secondary N) is 1. The van der Waals surface area contributed by atoms with Gasteiger partial charge in [-0.25, -0.2) is 0 Å². The third-order valence-electron chi connectivity index (χ3n) is 5.03. The van der Waals surface area contributed by atoms with E-state index in [0.29, 0.717) is 37.5 Å². The van der Waals surface area contributed by atoms with Crippen molar-refractivity contribution >= 4 is 12.3 Å². The molecule has 1 unspecified atom stereocenters. The van der Waals surface area contributed by atoms with Crippen LogP contribution in [0.15, 0.2) is 66.1 Å². The van der Waals surface area contributed by atoms with Crippen LogP contribution in [-0.4, -0.2) is 70.8 Å². The second-order valence-corrected chi connectivity index (χ2v) is 7.44. The summed E-state index contributed by atoms with van der Waals surface area (Å²) in [5, 5.41) is 22.1. The maximum absolute atomic E-state index is 13.4. The molecule has 1 heterocycles. The number of aliphatic hydroxyl groups excluding tert-OH is 1. The lowest BCUT2D eigenvalue weighted by atomic mass is 10.2. The smallest absolute Gasteiger partial charge is 0.273 e. The van der Waals surface area contributed by atoms with E-state index in [2.05, 4.69) is 5.32 Å². The van der Waals surface area contributed by atoms with Gasteiger partial charge in [-0.15, -0.1) is 0 Å². The molecule has 9 nitrogen and oxygen atoms in total. The van der Waals surface area contributed by atoms with Crippen LogP contribution in [0.5, 0.6) is 11.5 Å². The van der Waals surface area contributed by atoms with Crippen molar-refractivity contribution in [1.29, 1.82) is 0 Å². The number of nitrogens with zero attached hydrogens (tertiary/aromatic N) is 3. The van der Waals surface area contributed by atoms with Gasteiger partial charge in [0.05, 0.1) is 0 Å². The molecule has 0 radical (unpaired) electrons. The van der Waals surface area contributed by atoms with Crippen LogP contribution in [-0.2, 0) is 16.1 Å². The lowest BCUT2D eigenvalue weighted by molar-refractivity contribution is -0.128. The second-order valence-electron chi connectivity index (χ2n) is 7.44. The van der Waals surface area contributed by atoms with E-state index < -0.39 is 6.35 Å². The van der Waals surface area contributed by atoms with E-state index in [1.165, 1.54) is 21.9 Å². The number of aromatic hydroxyl groups is 1. The molecule has 1 atom stereocenters. The lowest BCUT2D eigenvalue weighted by Gasteiger charge is -2.30. The van der Waals surface area contributed by atoms with Crippen LogP contribution in [0, 0.1) is 0 Å². The molecule has 0 spiro atoms. The minimum atomic E-state index is -0.806. The fraction of sp³-hybridized carbons (Fsp3) is 0.304. The van der Waals surface area contributed by atoms with Gasteiger partial charge in [0.2, 0.25) is 6.41 Å². The number of amides is 2. The van der Waals surface area contributed by atoms with Gasteiger partial charge >= 0.3 is 0 Å². The molecule has 0 saturated heterocycles. The Morgan fingerprint density at radius 2 is 1.94 bits per heavy atom. The summed E-state index contributed by atoms with van der Waals surface area (Å²) in [5.41, 5.74) is 1.21. The summed E-state index contributed by atoms with van der Waals surface area (Å²) in [5.74, 6) is 0.443. The molecule has 0 fully saturated rings. The monoisotopic (exact) mass is 440 g/mol. The summed E-state index contributed by atoms with van der Waals surface area (Å²) in [6.07, 6.45) is 0.240. The van der Waals surface area contributed by atoms with E-state index in [1.807, 2.05) is 30.3 Å². The van der Waals surface area contributed by atoms with Crippen molar-refractivity contribution in [1.82, 2.24) is 20.0 Å². The van der Waals surface area contributed by atoms with Crippen LogP contribution in [0.4, 0.5) is 0 Å². The van der Waals surface area contributed by atoms with Crippen LogP contribution in [0.1, 0.15) is 12.0 Å². The van der Waals surface area contributed by atoms with Crippen LogP contribution in [0.3, 0.4) is 0 Å². The Hall–Kier alpha value is -3.72. The Bertz CT molecular complexity index is 966. The van der Waals surface area contributed by atoms with Crippen molar-refractivity contribution < 1.29 is 24.5 Å². The van der Waals surface area contributed by atoms with E-state index in [1.54, 1.807) is 31.1 Å². The summed E-state index contributed by atoms with van der Waals surface area (Å²) in [4.78, 5) is 29.5. The first kappa shape index (κ1) is 23.0. The van der Waals surface area contributed by atoms with Crippen molar-refractivity contribution in [2.45, 2.75) is 19.3 Å². The maximum atomic E-state index is 13.4. The highest BCUT2D eigenvalue weighted by Gasteiger charge is 2.39. The first-order valence-corrected chi connectivity index (χ1v) is 10.3. The topological polar surface area (TPSA) is 106 Å². The maximum Gasteiger partial charge on any atom is 0.273 e. The highest BCUT2D eigenvalue weighted by atomic mass is 16.5. The minimum absolute atomic E-state index is 0.0347. The van der Waals surface area contributed by atoms with Crippen molar-refractivity contribution in [3.05, 3.63) is 71.7 Å². The SMILES string of the molecule is CN(C=O)C1=C(C(=O)N(C)CCCO)N(Cc2ccccc2)C(Oc2cccc(O)c2)N1. The first-order valence-electron chi connectivity index (χ1n) is 10.3. The zero-order chi connectivity index (χ0) is 23.1. The molecule has 3 rings (SSSR count). The fourth-order valence-corrected chi connectivity index (χ4v) is 3.37. The average molecular weight is 441 g/mol. The normalized spacial score (nSPS) is 15.3. The Morgan fingerprint density at radius 3 is 2.59 bits per heavy atom. The number of phenols is 1. The highest BCUT2D eigenvalue weighted by molar-refractivity contribution is 5.94. The Labute approximate surface area is 187 Å². The lowest BCUT2D eigenvalue weighted by Crippen LogP contribution is -2.44. The predicted molar refractivity (Wildman–Crippen MR) is 118 cm³/mol. The van der Waals surface area contributed by atoms with Gasteiger partial charge in [-0.3, -0.25) is 9.59 Å². The van der Waals surface area contributed by atoms with Crippen molar-refractivity contribution in [2.75, 3.05) is 27.2 Å². The molecule has 2 aromatic carbocycles. The van der Waals surface area contributed by atoms with Gasteiger partial charge in [0, 0.05) is 39.9 Å². The molecule has 3 N–H and O–H groups in total.